The molecule has 1 fully saturated rings. The van der Waals surface area contributed by atoms with Gasteiger partial charge in [0.25, 0.3) is 0 Å². The largest absolute Gasteiger partial charge is 0.316 e. The van der Waals surface area contributed by atoms with Crippen LogP contribution in [0.15, 0.2) is 12.4 Å². The molecule has 0 saturated carbocycles. The van der Waals surface area contributed by atoms with Crippen molar-refractivity contribution in [3.05, 3.63) is 17.5 Å². The molecule has 98 valence electrons. The summed E-state index contributed by atoms with van der Waals surface area (Å²) in [7, 11) is 0. The average molecular weight is 288 g/mol. The molecule has 0 bridgehead atoms. The summed E-state index contributed by atoms with van der Waals surface area (Å²) in [5, 5.41) is 11.8. The zero-order valence-electron chi connectivity index (χ0n) is 9.84. The standard InChI is InChI=1S/C11H14ClN5.ClH/c12-10-4-9-11(16-15-10)17(7-14-9)6-8-2-1-3-13-5-8;/h4,7-8,13H,1-3,5-6H2;1H/t8-;/m1./s1. The van der Waals surface area contributed by atoms with Crippen LogP contribution in [0.2, 0.25) is 5.15 Å². The van der Waals surface area contributed by atoms with E-state index in [0.717, 1.165) is 30.8 Å². The van der Waals surface area contributed by atoms with Gasteiger partial charge in [-0.2, -0.15) is 0 Å². The van der Waals surface area contributed by atoms with Gasteiger partial charge in [-0.3, -0.25) is 0 Å². The van der Waals surface area contributed by atoms with Gasteiger partial charge in [-0.1, -0.05) is 11.6 Å². The first kappa shape index (κ1) is 13.5. The summed E-state index contributed by atoms with van der Waals surface area (Å²) in [6.45, 7) is 3.15. The number of nitrogens with one attached hydrogen (secondary N) is 1. The lowest BCUT2D eigenvalue weighted by Gasteiger charge is -2.22. The molecule has 1 saturated heterocycles. The van der Waals surface area contributed by atoms with E-state index >= 15 is 0 Å². The van der Waals surface area contributed by atoms with E-state index < -0.39 is 0 Å². The Morgan fingerprint density at radius 3 is 3.11 bits per heavy atom. The lowest BCUT2D eigenvalue weighted by atomic mass is 10.00. The minimum Gasteiger partial charge on any atom is -0.316 e. The molecule has 1 aliphatic heterocycles. The van der Waals surface area contributed by atoms with E-state index in [2.05, 4.69) is 25.1 Å². The van der Waals surface area contributed by atoms with Gasteiger partial charge in [0, 0.05) is 12.6 Å². The van der Waals surface area contributed by atoms with Crippen LogP contribution in [0.5, 0.6) is 0 Å². The smallest absolute Gasteiger partial charge is 0.182 e. The van der Waals surface area contributed by atoms with Crippen molar-refractivity contribution in [3.63, 3.8) is 0 Å². The summed E-state index contributed by atoms with van der Waals surface area (Å²) >= 11 is 5.79. The van der Waals surface area contributed by atoms with Crippen molar-refractivity contribution in [2.45, 2.75) is 19.4 Å². The normalized spacial score (nSPS) is 19.7. The van der Waals surface area contributed by atoms with Gasteiger partial charge < -0.3 is 9.88 Å². The predicted molar refractivity (Wildman–Crippen MR) is 73.2 cm³/mol. The van der Waals surface area contributed by atoms with Crippen LogP contribution in [0, 0.1) is 5.92 Å². The molecule has 7 heteroatoms. The third kappa shape index (κ3) is 2.74. The SMILES string of the molecule is Cl.Clc1cc2ncn(C[C@@H]3CCCNC3)c2nn1. The van der Waals surface area contributed by atoms with Crippen molar-refractivity contribution in [2.75, 3.05) is 13.1 Å². The van der Waals surface area contributed by atoms with Crippen LogP contribution in [0.3, 0.4) is 0 Å². The summed E-state index contributed by atoms with van der Waals surface area (Å²) in [4.78, 5) is 4.30. The minimum atomic E-state index is 0. The van der Waals surface area contributed by atoms with E-state index in [1.165, 1.54) is 12.8 Å². The maximum Gasteiger partial charge on any atom is 0.182 e. The molecule has 1 N–H and O–H groups in total. The number of hydrogen-bond donors (Lipinski definition) is 1. The zero-order valence-corrected chi connectivity index (χ0v) is 11.4. The molecular weight excluding hydrogens is 273 g/mol. The Bertz CT molecular complexity index is 521. The molecular formula is C11H15Cl2N5. The van der Waals surface area contributed by atoms with E-state index in [0.29, 0.717) is 11.1 Å². The molecule has 0 aromatic carbocycles. The van der Waals surface area contributed by atoms with Gasteiger partial charge in [-0.15, -0.1) is 22.6 Å². The van der Waals surface area contributed by atoms with Crippen LogP contribution >= 0.6 is 24.0 Å². The second kappa shape index (κ2) is 5.82. The number of fused-ring (bicyclic) bond motifs is 1. The number of imidazole rings is 1. The summed E-state index contributed by atoms with van der Waals surface area (Å²) < 4.78 is 2.07. The number of hydrogen-bond acceptors (Lipinski definition) is 4. The fraction of sp³-hybridized carbons (Fsp3) is 0.545. The molecule has 0 amide bonds. The molecule has 2 aromatic rings. The number of halogens is 2. The molecule has 5 nitrogen and oxygen atoms in total. The molecule has 0 radical (unpaired) electrons. The van der Waals surface area contributed by atoms with Crippen LogP contribution in [-0.2, 0) is 6.54 Å². The third-order valence-electron chi connectivity index (χ3n) is 3.19. The summed E-state index contributed by atoms with van der Waals surface area (Å²) in [6.07, 6.45) is 4.33. The van der Waals surface area contributed by atoms with Crippen LogP contribution < -0.4 is 5.32 Å². The third-order valence-corrected chi connectivity index (χ3v) is 3.37. The quantitative estimate of drug-likeness (QED) is 0.917. The first-order valence-electron chi connectivity index (χ1n) is 5.88. The van der Waals surface area contributed by atoms with Gasteiger partial charge in [0.1, 0.15) is 5.52 Å². The van der Waals surface area contributed by atoms with Crippen LogP contribution in [0.4, 0.5) is 0 Å². The average Bonchev–Trinajstić information content (AvgIpc) is 2.73. The molecule has 0 spiro atoms. The fourth-order valence-electron chi connectivity index (χ4n) is 2.33. The Balaban J connectivity index is 0.00000120. The maximum absolute atomic E-state index is 5.79. The van der Waals surface area contributed by atoms with Gasteiger partial charge in [-0.05, 0) is 31.8 Å². The van der Waals surface area contributed by atoms with Gasteiger partial charge >= 0.3 is 0 Å². The highest BCUT2D eigenvalue weighted by Crippen LogP contribution is 2.17. The first-order valence-corrected chi connectivity index (χ1v) is 6.25. The topological polar surface area (TPSA) is 55.6 Å². The van der Waals surface area contributed by atoms with Crippen LogP contribution in [-0.4, -0.2) is 32.8 Å². The minimum absolute atomic E-state index is 0. The Morgan fingerprint density at radius 2 is 2.33 bits per heavy atom. The molecule has 2 aromatic heterocycles. The van der Waals surface area contributed by atoms with Gasteiger partial charge in [0.2, 0.25) is 0 Å². The van der Waals surface area contributed by atoms with E-state index in [4.69, 9.17) is 11.6 Å². The first-order chi connectivity index (χ1) is 8.33. The lowest BCUT2D eigenvalue weighted by Crippen LogP contribution is -2.32. The molecule has 3 rings (SSSR count). The molecule has 0 unspecified atom stereocenters. The zero-order chi connectivity index (χ0) is 11.7. The Labute approximate surface area is 116 Å². The van der Waals surface area contributed by atoms with E-state index in [9.17, 15) is 0 Å². The molecule has 0 aliphatic carbocycles. The van der Waals surface area contributed by atoms with Gasteiger partial charge in [0.05, 0.1) is 6.33 Å². The van der Waals surface area contributed by atoms with E-state index in [-0.39, 0.29) is 12.4 Å². The van der Waals surface area contributed by atoms with Crippen molar-refractivity contribution in [1.29, 1.82) is 0 Å². The highest BCUT2D eigenvalue weighted by Gasteiger charge is 2.15. The van der Waals surface area contributed by atoms with Crippen molar-refractivity contribution in [2.24, 2.45) is 5.92 Å². The lowest BCUT2D eigenvalue weighted by molar-refractivity contribution is 0.339. The summed E-state index contributed by atoms with van der Waals surface area (Å²) in [5.41, 5.74) is 1.63. The monoisotopic (exact) mass is 287 g/mol. The Hall–Kier alpha value is -0.910. The molecule has 3 heterocycles. The molecule has 1 atom stereocenters. The number of rotatable bonds is 2. The van der Waals surface area contributed by atoms with E-state index in [1.54, 1.807) is 6.07 Å². The number of nitrogens with zero attached hydrogens (tertiary/aromatic N) is 4. The van der Waals surface area contributed by atoms with Gasteiger partial charge in [0.15, 0.2) is 10.8 Å². The summed E-state index contributed by atoms with van der Waals surface area (Å²) in [6, 6.07) is 1.75. The molecule has 1 aliphatic rings. The Kier molecular flexibility index (Phi) is 4.37. The highest BCUT2D eigenvalue weighted by atomic mass is 35.5. The van der Waals surface area contributed by atoms with Crippen molar-refractivity contribution in [1.82, 2.24) is 25.1 Å². The molecule has 18 heavy (non-hydrogen) atoms. The maximum atomic E-state index is 5.79. The van der Waals surface area contributed by atoms with Crippen LogP contribution in [0.1, 0.15) is 12.8 Å². The van der Waals surface area contributed by atoms with Crippen molar-refractivity contribution in [3.8, 4) is 0 Å². The predicted octanol–water partition coefficient (Wildman–Crippen LogP) is 1.90. The van der Waals surface area contributed by atoms with Crippen molar-refractivity contribution >= 4 is 35.2 Å². The summed E-state index contributed by atoms with van der Waals surface area (Å²) in [5.74, 6) is 0.652. The Morgan fingerprint density at radius 1 is 1.44 bits per heavy atom. The second-order valence-corrected chi connectivity index (χ2v) is 4.87. The fourth-order valence-corrected chi connectivity index (χ4v) is 2.47. The second-order valence-electron chi connectivity index (χ2n) is 4.49. The van der Waals surface area contributed by atoms with Crippen molar-refractivity contribution < 1.29 is 0 Å². The van der Waals surface area contributed by atoms with Gasteiger partial charge in [-0.25, -0.2) is 4.98 Å². The van der Waals surface area contributed by atoms with Crippen LogP contribution in [0.25, 0.3) is 11.2 Å². The van der Waals surface area contributed by atoms with E-state index in [1.807, 2.05) is 6.33 Å². The number of aromatic nitrogens is 4. The highest BCUT2D eigenvalue weighted by molar-refractivity contribution is 6.29. The number of piperidine rings is 1.